The molecule has 1 saturated heterocycles. The molecule has 1 aliphatic heterocycles. The number of imide groups is 1. The van der Waals surface area contributed by atoms with Crippen LogP contribution in [0.5, 0.6) is 5.75 Å². The van der Waals surface area contributed by atoms with Gasteiger partial charge in [0.05, 0.1) is 18.9 Å². The maximum absolute atomic E-state index is 12.8. The molecular weight excluding hydrogens is 320 g/mol. The van der Waals surface area contributed by atoms with Crippen LogP contribution in [-0.2, 0) is 9.59 Å². The van der Waals surface area contributed by atoms with E-state index in [1.807, 2.05) is 0 Å². The van der Waals surface area contributed by atoms with Crippen molar-refractivity contribution in [3.8, 4) is 5.75 Å². The predicted octanol–water partition coefficient (Wildman–Crippen LogP) is 1.39. The molecule has 25 heavy (non-hydrogen) atoms. The molecule has 2 saturated carbocycles. The maximum Gasteiger partial charge on any atom is 0.270 e. The highest BCUT2D eigenvalue weighted by Gasteiger charge is 2.67. The van der Waals surface area contributed by atoms with E-state index in [0.717, 1.165) is 11.4 Å². The Balaban J connectivity index is 1.37. The summed E-state index contributed by atoms with van der Waals surface area (Å²) in [6.07, 6.45) is 5.34. The Hall–Kier alpha value is -2.63. The number of allylic oxidation sites excluding steroid dienone is 2. The van der Waals surface area contributed by atoms with Gasteiger partial charge in [-0.2, -0.15) is 5.01 Å². The summed E-state index contributed by atoms with van der Waals surface area (Å²) in [5.74, 6) is 0.438. The maximum atomic E-state index is 12.8. The van der Waals surface area contributed by atoms with Crippen molar-refractivity contribution in [2.24, 2.45) is 35.5 Å². The van der Waals surface area contributed by atoms with Crippen molar-refractivity contribution in [3.63, 3.8) is 0 Å². The number of rotatable bonds is 3. The molecule has 1 N–H and O–H groups in total. The number of hydrazine groups is 1. The summed E-state index contributed by atoms with van der Waals surface area (Å²) < 4.78 is 5.07. The van der Waals surface area contributed by atoms with E-state index in [2.05, 4.69) is 17.6 Å². The summed E-state index contributed by atoms with van der Waals surface area (Å²) in [7, 11) is 1.55. The van der Waals surface area contributed by atoms with Gasteiger partial charge in [0.2, 0.25) is 0 Å². The number of amides is 3. The summed E-state index contributed by atoms with van der Waals surface area (Å²) in [6.45, 7) is 0. The molecule has 0 unspecified atom stereocenters. The molecule has 0 aromatic heterocycles. The van der Waals surface area contributed by atoms with Crippen LogP contribution in [0.3, 0.4) is 0 Å². The Labute approximate surface area is 144 Å². The normalized spacial score (nSPS) is 36.9. The van der Waals surface area contributed by atoms with Crippen molar-refractivity contribution in [2.75, 3.05) is 7.11 Å². The smallest absolute Gasteiger partial charge is 0.270 e. The minimum Gasteiger partial charge on any atom is -0.497 e. The Bertz CT molecular complexity index is 779. The van der Waals surface area contributed by atoms with E-state index in [4.69, 9.17) is 4.74 Å². The number of hydrogen-bond acceptors (Lipinski definition) is 4. The molecule has 1 heterocycles. The molecule has 6 nitrogen and oxygen atoms in total. The van der Waals surface area contributed by atoms with Gasteiger partial charge in [0.25, 0.3) is 17.7 Å². The second-order valence-corrected chi connectivity index (χ2v) is 7.34. The molecule has 3 fully saturated rings. The zero-order valence-electron chi connectivity index (χ0n) is 13.7. The highest BCUT2D eigenvalue weighted by atomic mass is 16.5. The van der Waals surface area contributed by atoms with E-state index in [0.29, 0.717) is 23.1 Å². The fourth-order valence-electron chi connectivity index (χ4n) is 4.98. The van der Waals surface area contributed by atoms with Crippen LogP contribution in [-0.4, -0.2) is 29.8 Å². The average Bonchev–Trinajstić information content (AvgIpc) is 3.43. The number of benzene rings is 1. The summed E-state index contributed by atoms with van der Waals surface area (Å²) in [4.78, 5) is 38.1. The Morgan fingerprint density at radius 3 is 2.12 bits per heavy atom. The predicted molar refractivity (Wildman–Crippen MR) is 87.0 cm³/mol. The van der Waals surface area contributed by atoms with Gasteiger partial charge in [-0.25, -0.2) is 0 Å². The third-order valence-electron chi connectivity index (χ3n) is 6.23. The van der Waals surface area contributed by atoms with Gasteiger partial charge in [0.1, 0.15) is 5.75 Å². The van der Waals surface area contributed by atoms with Crippen LogP contribution >= 0.6 is 0 Å². The van der Waals surface area contributed by atoms with Crippen molar-refractivity contribution in [2.45, 2.75) is 6.42 Å². The molecule has 0 spiro atoms. The van der Waals surface area contributed by atoms with Crippen molar-refractivity contribution in [1.82, 2.24) is 10.4 Å². The molecule has 6 atom stereocenters. The summed E-state index contributed by atoms with van der Waals surface area (Å²) in [5.41, 5.74) is 2.89. The monoisotopic (exact) mass is 338 g/mol. The van der Waals surface area contributed by atoms with Gasteiger partial charge >= 0.3 is 0 Å². The molecule has 0 radical (unpaired) electrons. The lowest BCUT2D eigenvalue weighted by Gasteiger charge is -2.37. The molecule has 4 aliphatic carbocycles. The Morgan fingerprint density at radius 1 is 1.04 bits per heavy atom. The van der Waals surface area contributed by atoms with Gasteiger partial charge in [0, 0.05) is 5.56 Å². The van der Waals surface area contributed by atoms with Crippen LogP contribution in [0.25, 0.3) is 0 Å². The third kappa shape index (κ3) is 1.94. The third-order valence-corrected chi connectivity index (χ3v) is 6.23. The quantitative estimate of drug-likeness (QED) is 0.668. The average molecular weight is 338 g/mol. The topological polar surface area (TPSA) is 75.7 Å². The van der Waals surface area contributed by atoms with Crippen LogP contribution in [0.4, 0.5) is 0 Å². The Kier molecular flexibility index (Phi) is 2.90. The van der Waals surface area contributed by atoms with Gasteiger partial charge in [-0.3, -0.25) is 19.8 Å². The first-order chi connectivity index (χ1) is 12.1. The minimum absolute atomic E-state index is 0.152. The molecule has 6 rings (SSSR count). The number of methoxy groups -OCH3 is 1. The van der Waals surface area contributed by atoms with Crippen LogP contribution in [0.15, 0.2) is 36.4 Å². The summed E-state index contributed by atoms with van der Waals surface area (Å²) >= 11 is 0. The molecule has 1 aromatic rings. The lowest BCUT2D eigenvalue weighted by molar-refractivity contribution is -0.143. The lowest BCUT2D eigenvalue weighted by Crippen LogP contribution is -2.46. The minimum atomic E-state index is -0.464. The molecule has 6 heteroatoms. The number of carbonyl (C=O) groups excluding carboxylic acids is 3. The van der Waals surface area contributed by atoms with Gasteiger partial charge in [-0.1, -0.05) is 12.2 Å². The van der Waals surface area contributed by atoms with E-state index in [-0.39, 0.29) is 35.5 Å². The lowest BCUT2D eigenvalue weighted by atomic mass is 9.63. The highest BCUT2D eigenvalue weighted by Crippen LogP contribution is 2.65. The fraction of sp³-hybridized carbons (Fsp3) is 0.421. The fourth-order valence-corrected chi connectivity index (χ4v) is 4.98. The van der Waals surface area contributed by atoms with Gasteiger partial charge in [-0.15, -0.1) is 0 Å². The van der Waals surface area contributed by atoms with Crippen molar-refractivity contribution >= 4 is 17.7 Å². The second kappa shape index (κ2) is 4.94. The molecule has 5 aliphatic rings. The van der Waals surface area contributed by atoms with Crippen molar-refractivity contribution in [1.29, 1.82) is 0 Å². The second-order valence-electron chi connectivity index (χ2n) is 7.34. The highest BCUT2D eigenvalue weighted by molar-refractivity contribution is 6.08. The van der Waals surface area contributed by atoms with Gasteiger partial charge in [-0.05, 0) is 54.4 Å². The van der Waals surface area contributed by atoms with Gasteiger partial charge in [0.15, 0.2) is 0 Å². The van der Waals surface area contributed by atoms with Crippen molar-refractivity contribution in [3.05, 3.63) is 42.0 Å². The van der Waals surface area contributed by atoms with Crippen LogP contribution < -0.4 is 10.2 Å². The SMILES string of the molecule is COc1ccc(C(=O)NN2C(=O)[C@@H]3[C@H]4C=C[C@@H]([C@@H]5C[C@@H]45)[C@@H]3C2=O)cc1. The molecular formula is C19H18N2O4. The standard InChI is InChI=1S/C19H18N2O4/c1-25-10-4-2-9(3-5-10)17(22)20-21-18(23)15-11-6-7-12(14-8-13(11)14)16(15)19(21)24/h2-7,11-16H,8H2,1H3,(H,20,22)/t11-,12-,13-,14-,15-,16+/m0/s1. The van der Waals surface area contributed by atoms with E-state index < -0.39 is 5.91 Å². The number of ether oxygens (including phenoxy) is 1. The van der Waals surface area contributed by atoms with Crippen LogP contribution in [0.2, 0.25) is 0 Å². The summed E-state index contributed by atoms with van der Waals surface area (Å²) in [6, 6.07) is 6.54. The molecule has 128 valence electrons. The first-order valence-electron chi connectivity index (χ1n) is 8.61. The zero-order chi connectivity index (χ0) is 17.3. The molecule has 3 amide bonds. The molecule has 2 bridgehead atoms. The number of carbonyl (C=O) groups is 3. The first-order valence-corrected chi connectivity index (χ1v) is 8.61. The summed E-state index contributed by atoms with van der Waals surface area (Å²) in [5, 5.41) is 0.958. The van der Waals surface area contributed by atoms with Crippen LogP contribution in [0.1, 0.15) is 16.8 Å². The van der Waals surface area contributed by atoms with Crippen molar-refractivity contribution < 1.29 is 19.1 Å². The van der Waals surface area contributed by atoms with E-state index in [1.165, 1.54) is 0 Å². The van der Waals surface area contributed by atoms with Gasteiger partial charge < -0.3 is 4.74 Å². The number of nitrogens with zero attached hydrogens (tertiary/aromatic N) is 1. The van der Waals surface area contributed by atoms with E-state index in [1.54, 1.807) is 31.4 Å². The molecule has 1 aromatic carbocycles. The largest absolute Gasteiger partial charge is 0.497 e. The zero-order valence-corrected chi connectivity index (χ0v) is 13.7. The van der Waals surface area contributed by atoms with E-state index >= 15 is 0 Å². The van der Waals surface area contributed by atoms with Crippen LogP contribution in [0, 0.1) is 35.5 Å². The number of hydrogen-bond donors (Lipinski definition) is 1. The Morgan fingerprint density at radius 2 is 1.60 bits per heavy atom. The first kappa shape index (κ1) is 14.7. The number of nitrogens with one attached hydrogen (secondary N) is 1. The van der Waals surface area contributed by atoms with E-state index in [9.17, 15) is 14.4 Å².